The van der Waals surface area contributed by atoms with Crippen molar-refractivity contribution in [2.24, 2.45) is 5.92 Å². The molecule has 3 unspecified atom stereocenters. The molecule has 5 nitrogen and oxygen atoms in total. The second-order valence-corrected chi connectivity index (χ2v) is 2.59. The molecule has 3 atom stereocenters. The molecular formula is C7H12O5. The zero-order valence-electron chi connectivity index (χ0n) is 7.02. The lowest BCUT2D eigenvalue weighted by molar-refractivity contribution is -0.196. The van der Waals surface area contributed by atoms with Crippen molar-refractivity contribution in [3.63, 3.8) is 0 Å². The Morgan fingerprint density at radius 1 is 1.50 bits per heavy atom. The molecule has 5 heteroatoms. The van der Waals surface area contributed by atoms with Gasteiger partial charge in [-0.15, -0.1) is 0 Å². The lowest BCUT2D eigenvalue weighted by Gasteiger charge is -2.12. The van der Waals surface area contributed by atoms with Crippen molar-refractivity contribution in [1.82, 2.24) is 0 Å². The van der Waals surface area contributed by atoms with Crippen LogP contribution in [0.2, 0.25) is 0 Å². The van der Waals surface area contributed by atoms with Crippen LogP contribution in [0, 0.1) is 5.92 Å². The van der Waals surface area contributed by atoms with E-state index in [-0.39, 0.29) is 0 Å². The van der Waals surface area contributed by atoms with Crippen molar-refractivity contribution in [2.75, 3.05) is 14.2 Å². The topological polar surface area (TPSA) is 65.0 Å². The Hall–Kier alpha value is -0.650. The highest BCUT2D eigenvalue weighted by Crippen LogP contribution is 2.27. The first kappa shape index (κ1) is 9.44. The zero-order valence-corrected chi connectivity index (χ0v) is 7.02. The largest absolute Gasteiger partial charge is 0.481 e. The maximum atomic E-state index is 10.6. The molecule has 0 saturated carbocycles. The molecule has 0 aromatic rings. The average Bonchev–Trinajstić information content (AvgIpc) is 2.47. The minimum atomic E-state index is -0.915. The Kier molecular flexibility index (Phi) is 3.02. The second kappa shape index (κ2) is 3.84. The molecule has 12 heavy (non-hydrogen) atoms. The molecule has 0 radical (unpaired) electrons. The van der Waals surface area contributed by atoms with Gasteiger partial charge in [0.25, 0.3) is 0 Å². The van der Waals surface area contributed by atoms with Gasteiger partial charge < -0.3 is 19.3 Å². The van der Waals surface area contributed by atoms with Gasteiger partial charge in [0, 0.05) is 20.6 Å². The Balaban J connectivity index is 2.56. The monoisotopic (exact) mass is 176 g/mol. The van der Waals surface area contributed by atoms with E-state index in [2.05, 4.69) is 0 Å². The van der Waals surface area contributed by atoms with Crippen LogP contribution in [-0.4, -0.2) is 37.9 Å². The van der Waals surface area contributed by atoms with E-state index >= 15 is 0 Å². The summed E-state index contributed by atoms with van der Waals surface area (Å²) in [6, 6.07) is 0. The third kappa shape index (κ3) is 1.74. The van der Waals surface area contributed by atoms with Crippen molar-refractivity contribution in [3.05, 3.63) is 0 Å². The number of hydrogen-bond acceptors (Lipinski definition) is 4. The highest BCUT2D eigenvalue weighted by atomic mass is 16.8. The van der Waals surface area contributed by atoms with Gasteiger partial charge in [-0.2, -0.15) is 0 Å². The van der Waals surface area contributed by atoms with E-state index in [1.807, 2.05) is 0 Å². The summed E-state index contributed by atoms with van der Waals surface area (Å²) in [4.78, 5) is 10.6. The number of ether oxygens (including phenoxy) is 3. The van der Waals surface area contributed by atoms with Crippen molar-refractivity contribution in [3.8, 4) is 0 Å². The molecule has 0 aromatic carbocycles. The molecule has 1 saturated heterocycles. The minimum Gasteiger partial charge on any atom is -0.481 e. The predicted octanol–water partition coefficient (Wildman–Crippen LogP) is 0.0525. The second-order valence-electron chi connectivity index (χ2n) is 2.59. The molecule has 0 bridgehead atoms. The summed E-state index contributed by atoms with van der Waals surface area (Å²) >= 11 is 0. The summed E-state index contributed by atoms with van der Waals surface area (Å²) in [6.45, 7) is 0. The molecular weight excluding hydrogens is 164 g/mol. The Morgan fingerprint density at radius 2 is 2.17 bits per heavy atom. The van der Waals surface area contributed by atoms with Crippen LogP contribution in [0.1, 0.15) is 6.42 Å². The van der Waals surface area contributed by atoms with Gasteiger partial charge in [-0.1, -0.05) is 0 Å². The first-order chi connectivity index (χ1) is 5.69. The van der Waals surface area contributed by atoms with Crippen molar-refractivity contribution < 1.29 is 24.1 Å². The van der Waals surface area contributed by atoms with E-state index in [4.69, 9.17) is 19.3 Å². The fraction of sp³-hybridized carbons (Fsp3) is 0.857. The van der Waals surface area contributed by atoms with Crippen LogP contribution < -0.4 is 0 Å². The van der Waals surface area contributed by atoms with Crippen molar-refractivity contribution in [1.29, 1.82) is 0 Å². The fourth-order valence-electron chi connectivity index (χ4n) is 1.21. The predicted molar refractivity (Wildman–Crippen MR) is 38.4 cm³/mol. The summed E-state index contributed by atoms with van der Waals surface area (Å²) in [5, 5.41) is 8.71. The van der Waals surface area contributed by atoms with Gasteiger partial charge in [-0.3, -0.25) is 4.79 Å². The Bertz CT molecular complexity index is 169. The molecule has 1 heterocycles. The third-order valence-corrected chi connectivity index (χ3v) is 1.87. The molecule has 0 spiro atoms. The lowest BCUT2D eigenvalue weighted by Crippen LogP contribution is -2.25. The van der Waals surface area contributed by atoms with Crippen molar-refractivity contribution >= 4 is 5.97 Å². The summed E-state index contributed by atoms with van der Waals surface area (Å²) < 4.78 is 14.8. The van der Waals surface area contributed by atoms with Gasteiger partial charge in [0.15, 0.2) is 12.6 Å². The van der Waals surface area contributed by atoms with E-state index in [9.17, 15) is 4.79 Å². The quantitative estimate of drug-likeness (QED) is 0.658. The van der Waals surface area contributed by atoms with Crippen LogP contribution in [0.5, 0.6) is 0 Å². The van der Waals surface area contributed by atoms with Gasteiger partial charge in [-0.05, 0) is 0 Å². The molecule has 1 rings (SSSR count). The Morgan fingerprint density at radius 3 is 2.50 bits per heavy atom. The number of rotatable bonds is 3. The third-order valence-electron chi connectivity index (χ3n) is 1.87. The highest BCUT2D eigenvalue weighted by Gasteiger charge is 2.40. The maximum absolute atomic E-state index is 10.6. The first-order valence-corrected chi connectivity index (χ1v) is 3.63. The molecule has 1 aliphatic rings. The van der Waals surface area contributed by atoms with Gasteiger partial charge in [0.2, 0.25) is 0 Å². The number of hydrogen-bond donors (Lipinski definition) is 1. The van der Waals surface area contributed by atoms with E-state index < -0.39 is 24.5 Å². The van der Waals surface area contributed by atoms with E-state index in [1.165, 1.54) is 14.2 Å². The average molecular weight is 176 g/mol. The fourth-order valence-corrected chi connectivity index (χ4v) is 1.21. The van der Waals surface area contributed by atoms with Crippen LogP contribution >= 0.6 is 0 Å². The number of carboxylic acid groups (broad SMARTS) is 1. The normalized spacial score (nSPS) is 35.3. The highest BCUT2D eigenvalue weighted by molar-refractivity contribution is 5.70. The molecule has 0 aromatic heterocycles. The standard InChI is InChI=1S/C7H12O5/c1-10-5-3-4(6(8)9)7(11-2)12-5/h4-5,7H,3H2,1-2H3,(H,8,9). The molecule has 70 valence electrons. The van der Waals surface area contributed by atoms with Crippen molar-refractivity contribution in [2.45, 2.75) is 19.0 Å². The summed E-state index contributed by atoms with van der Waals surface area (Å²) in [6.07, 6.45) is -0.812. The lowest BCUT2D eigenvalue weighted by atomic mass is 10.1. The summed E-state index contributed by atoms with van der Waals surface area (Å²) in [5.41, 5.74) is 0. The number of carboxylic acids is 1. The van der Waals surface area contributed by atoms with Crippen LogP contribution in [0.15, 0.2) is 0 Å². The van der Waals surface area contributed by atoms with Gasteiger partial charge in [0.1, 0.15) is 5.92 Å². The zero-order chi connectivity index (χ0) is 9.14. The SMILES string of the molecule is COC1CC(C(=O)O)C(OC)O1. The number of carbonyl (C=O) groups is 1. The number of aliphatic carboxylic acids is 1. The van der Waals surface area contributed by atoms with Gasteiger partial charge in [0.05, 0.1) is 0 Å². The van der Waals surface area contributed by atoms with E-state index in [0.29, 0.717) is 6.42 Å². The maximum Gasteiger partial charge on any atom is 0.311 e. The summed E-state index contributed by atoms with van der Waals surface area (Å²) in [7, 11) is 2.89. The summed E-state index contributed by atoms with van der Waals surface area (Å²) in [5.74, 6) is -1.54. The van der Waals surface area contributed by atoms with E-state index in [1.54, 1.807) is 0 Å². The Labute approximate surface area is 70.2 Å². The van der Waals surface area contributed by atoms with Crippen LogP contribution in [0.3, 0.4) is 0 Å². The van der Waals surface area contributed by atoms with Gasteiger partial charge in [-0.25, -0.2) is 0 Å². The first-order valence-electron chi connectivity index (χ1n) is 3.63. The molecule has 0 aliphatic carbocycles. The minimum absolute atomic E-state index is 0.338. The smallest absolute Gasteiger partial charge is 0.311 e. The van der Waals surface area contributed by atoms with E-state index in [0.717, 1.165) is 0 Å². The molecule has 1 N–H and O–H groups in total. The molecule has 0 amide bonds. The van der Waals surface area contributed by atoms with Crippen LogP contribution in [0.25, 0.3) is 0 Å². The van der Waals surface area contributed by atoms with Crippen LogP contribution in [-0.2, 0) is 19.0 Å². The van der Waals surface area contributed by atoms with Gasteiger partial charge >= 0.3 is 5.97 Å². The molecule has 1 fully saturated rings. The molecule has 1 aliphatic heterocycles. The van der Waals surface area contributed by atoms with Crippen LogP contribution in [0.4, 0.5) is 0 Å². The number of methoxy groups -OCH3 is 2.